The quantitative estimate of drug-likeness (QED) is 0.843. The van der Waals surface area contributed by atoms with Gasteiger partial charge in [-0.15, -0.1) is 0 Å². The van der Waals surface area contributed by atoms with E-state index in [1.165, 1.54) is 7.11 Å². The van der Waals surface area contributed by atoms with Crippen LogP contribution in [0.25, 0.3) is 11.4 Å². The number of hydrogen-bond donors (Lipinski definition) is 1. The topological polar surface area (TPSA) is 70.1 Å². The van der Waals surface area contributed by atoms with Crippen LogP contribution in [0.3, 0.4) is 0 Å². The van der Waals surface area contributed by atoms with Crippen LogP contribution in [0.2, 0.25) is 0 Å². The average molecular weight is 259 g/mol. The lowest BCUT2D eigenvalue weighted by Gasteiger charge is -2.22. The van der Waals surface area contributed by atoms with E-state index in [-0.39, 0.29) is 0 Å². The molecule has 0 aliphatic rings. The van der Waals surface area contributed by atoms with Gasteiger partial charge in [0.15, 0.2) is 0 Å². The lowest BCUT2D eigenvalue weighted by Crippen LogP contribution is -2.49. The fraction of sp³-hybridized carbons (Fsp3) is 0.286. The molecular formula is C14H17N3O2. The van der Waals surface area contributed by atoms with E-state index >= 15 is 0 Å². The van der Waals surface area contributed by atoms with Crippen LogP contribution in [-0.2, 0) is 16.1 Å². The van der Waals surface area contributed by atoms with E-state index in [0.29, 0.717) is 6.54 Å². The van der Waals surface area contributed by atoms with Crippen molar-refractivity contribution in [3.05, 3.63) is 42.7 Å². The number of nitrogens with zero attached hydrogens (tertiary/aromatic N) is 2. The monoisotopic (exact) mass is 259 g/mol. The zero-order valence-corrected chi connectivity index (χ0v) is 11.0. The number of rotatable bonds is 4. The van der Waals surface area contributed by atoms with Gasteiger partial charge in [0.25, 0.3) is 0 Å². The minimum Gasteiger partial charge on any atom is -0.468 e. The van der Waals surface area contributed by atoms with Gasteiger partial charge >= 0.3 is 5.97 Å². The fourth-order valence-electron chi connectivity index (χ4n) is 1.94. The first-order valence-corrected chi connectivity index (χ1v) is 5.98. The summed E-state index contributed by atoms with van der Waals surface area (Å²) in [6.07, 6.45) is 3.49. The second kappa shape index (κ2) is 5.24. The molecule has 1 aromatic carbocycles. The van der Waals surface area contributed by atoms with Gasteiger partial charge in [0.05, 0.1) is 13.7 Å². The molecule has 0 aliphatic carbocycles. The maximum Gasteiger partial charge on any atom is 0.327 e. The molecule has 0 saturated carbocycles. The second-order valence-electron chi connectivity index (χ2n) is 4.65. The molecule has 0 amide bonds. The average Bonchev–Trinajstić information content (AvgIpc) is 2.86. The minimum absolute atomic E-state index is 0.309. The van der Waals surface area contributed by atoms with Gasteiger partial charge in [-0.3, -0.25) is 4.79 Å². The molecule has 0 fully saturated rings. The molecule has 1 aromatic heterocycles. The third-order valence-electron chi connectivity index (χ3n) is 2.90. The van der Waals surface area contributed by atoms with Crippen molar-refractivity contribution in [3.8, 4) is 11.4 Å². The molecule has 100 valence electrons. The largest absolute Gasteiger partial charge is 0.468 e. The van der Waals surface area contributed by atoms with Gasteiger partial charge in [-0.1, -0.05) is 30.3 Å². The van der Waals surface area contributed by atoms with Gasteiger partial charge < -0.3 is 15.0 Å². The number of carbonyl (C=O) groups is 1. The molecule has 2 aromatic rings. The smallest absolute Gasteiger partial charge is 0.327 e. The summed E-state index contributed by atoms with van der Waals surface area (Å²) in [5, 5.41) is 0. The number of nitrogens with two attached hydrogens (primary N) is 1. The van der Waals surface area contributed by atoms with Crippen molar-refractivity contribution in [1.82, 2.24) is 9.55 Å². The van der Waals surface area contributed by atoms with Crippen molar-refractivity contribution < 1.29 is 9.53 Å². The summed E-state index contributed by atoms with van der Waals surface area (Å²) in [5.41, 5.74) is 5.88. The zero-order chi connectivity index (χ0) is 13.9. The lowest BCUT2D eigenvalue weighted by atomic mass is 10.0. The van der Waals surface area contributed by atoms with Crippen LogP contribution in [0, 0.1) is 0 Å². The number of methoxy groups -OCH3 is 1. The maximum atomic E-state index is 11.6. The Morgan fingerprint density at radius 2 is 2.11 bits per heavy atom. The van der Waals surface area contributed by atoms with E-state index in [2.05, 4.69) is 4.98 Å². The van der Waals surface area contributed by atoms with E-state index in [4.69, 9.17) is 10.5 Å². The number of ether oxygens (including phenoxy) is 1. The maximum absolute atomic E-state index is 11.6. The van der Waals surface area contributed by atoms with E-state index in [9.17, 15) is 4.79 Å². The summed E-state index contributed by atoms with van der Waals surface area (Å²) in [4.78, 5) is 15.9. The predicted octanol–water partition coefficient (Wildman–Crippen LogP) is 1.44. The van der Waals surface area contributed by atoms with Crippen molar-refractivity contribution in [2.24, 2.45) is 5.73 Å². The predicted molar refractivity (Wildman–Crippen MR) is 72.3 cm³/mol. The molecule has 0 spiro atoms. The zero-order valence-electron chi connectivity index (χ0n) is 11.0. The van der Waals surface area contributed by atoms with Crippen molar-refractivity contribution in [3.63, 3.8) is 0 Å². The second-order valence-corrected chi connectivity index (χ2v) is 4.65. The standard InChI is InChI=1S/C14H17N3O2/c1-14(15,13(18)19-2)10-17-9-8-16-12(17)11-6-4-3-5-7-11/h3-9H,10,15H2,1-2H3. The third-order valence-corrected chi connectivity index (χ3v) is 2.90. The normalized spacial score (nSPS) is 13.8. The van der Waals surface area contributed by atoms with Crippen LogP contribution in [-0.4, -0.2) is 28.2 Å². The molecule has 0 aliphatic heterocycles. The lowest BCUT2D eigenvalue weighted by molar-refractivity contribution is -0.146. The highest BCUT2D eigenvalue weighted by Crippen LogP contribution is 2.18. The summed E-state index contributed by atoms with van der Waals surface area (Å²) >= 11 is 0. The first-order valence-electron chi connectivity index (χ1n) is 5.98. The van der Waals surface area contributed by atoms with Gasteiger partial charge in [-0.2, -0.15) is 0 Å². The first kappa shape index (κ1) is 13.3. The van der Waals surface area contributed by atoms with E-state index in [0.717, 1.165) is 11.4 Å². The Balaban J connectivity index is 2.29. The Hall–Kier alpha value is -2.14. The molecule has 1 heterocycles. The van der Waals surface area contributed by atoms with Gasteiger partial charge in [0, 0.05) is 18.0 Å². The molecule has 5 heteroatoms. The van der Waals surface area contributed by atoms with Crippen LogP contribution in [0.5, 0.6) is 0 Å². The highest BCUT2D eigenvalue weighted by Gasteiger charge is 2.30. The number of hydrogen-bond acceptors (Lipinski definition) is 4. The minimum atomic E-state index is -1.08. The number of benzene rings is 1. The Morgan fingerprint density at radius 1 is 1.42 bits per heavy atom. The molecule has 5 nitrogen and oxygen atoms in total. The Morgan fingerprint density at radius 3 is 2.74 bits per heavy atom. The number of esters is 1. The third kappa shape index (κ3) is 2.82. The number of aromatic nitrogens is 2. The van der Waals surface area contributed by atoms with Crippen molar-refractivity contribution in [2.45, 2.75) is 19.0 Å². The Kier molecular flexibility index (Phi) is 3.66. The molecule has 0 saturated heterocycles. The molecule has 1 unspecified atom stereocenters. The van der Waals surface area contributed by atoms with Gasteiger partial charge in [0.1, 0.15) is 11.4 Å². The van der Waals surface area contributed by atoms with Crippen LogP contribution in [0.1, 0.15) is 6.92 Å². The molecule has 1 atom stereocenters. The number of carbonyl (C=O) groups excluding carboxylic acids is 1. The Labute approximate surface area is 112 Å². The fourth-order valence-corrected chi connectivity index (χ4v) is 1.94. The highest BCUT2D eigenvalue weighted by atomic mass is 16.5. The summed E-state index contributed by atoms with van der Waals surface area (Å²) in [5.74, 6) is 0.335. The molecule has 19 heavy (non-hydrogen) atoms. The summed E-state index contributed by atoms with van der Waals surface area (Å²) in [6.45, 7) is 1.96. The first-order chi connectivity index (χ1) is 9.04. The van der Waals surface area contributed by atoms with Crippen LogP contribution in [0.15, 0.2) is 42.7 Å². The molecule has 0 bridgehead atoms. The van der Waals surface area contributed by atoms with Crippen LogP contribution in [0.4, 0.5) is 0 Å². The van der Waals surface area contributed by atoms with Crippen molar-refractivity contribution in [1.29, 1.82) is 0 Å². The van der Waals surface area contributed by atoms with Gasteiger partial charge in [0.2, 0.25) is 0 Å². The van der Waals surface area contributed by atoms with Crippen LogP contribution >= 0.6 is 0 Å². The van der Waals surface area contributed by atoms with Gasteiger partial charge in [-0.25, -0.2) is 4.98 Å². The van der Waals surface area contributed by atoms with E-state index in [1.54, 1.807) is 19.3 Å². The highest BCUT2D eigenvalue weighted by molar-refractivity contribution is 5.79. The van der Waals surface area contributed by atoms with Crippen molar-refractivity contribution >= 4 is 5.97 Å². The summed E-state index contributed by atoms with van der Waals surface area (Å²) in [6, 6.07) is 9.75. The Bertz CT molecular complexity index is 561. The number of imidazole rings is 1. The summed E-state index contributed by atoms with van der Waals surface area (Å²) < 4.78 is 6.57. The van der Waals surface area contributed by atoms with E-state index < -0.39 is 11.5 Å². The van der Waals surface area contributed by atoms with Crippen LogP contribution < -0.4 is 5.73 Å². The molecular weight excluding hydrogens is 242 g/mol. The molecule has 0 radical (unpaired) electrons. The molecule has 2 N–H and O–H groups in total. The molecule has 2 rings (SSSR count). The van der Waals surface area contributed by atoms with E-state index in [1.807, 2.05) is 34.9 Å². The van der Waals surface area contributed by atoms with Crippen molar-refractivity contribution in [2.75, 3.05) is 7.11 Å². The van der Waals surface area contributed by atoms with Gasteiger partial charge in [-0.05, 0) is 6.92 Å². The summed E-state index contributed by atoms with van der Waals surface area (Å²) in [7, 11) is 1.33. The SMILES string of the molecule is COC(=O)C(C)(N)Cn1ccnc1-c1ccccc1.